The van der Waals surface area contributed by atoms with Crippen LogP contribution in [0.3, 0.4) is 0 Å². The van der Waals surface area contributed by atoms with E-state index in [0.29, 0.717) is 12.0 Å². The number of aliphatic imine (C=N–C) groups is 1. The molecular formula is C15H25IN4O. The van der Waals surface area contributed by atoms with Gasteiger partial charge in [0.15, 0.2) is 5.96 Å². The van der Waals surface area contributed by atoms with Crippen molar-refractivity contribution in [3.63, 3.8) is 0 Å². The van der Waals surface area contributed by atoms with Crippen LogP contribution >= 0.6 is 24.0 Å². The molecule has 0 radical (unpaired) electrons. The van der Waals surface area contributed by atoms with Crippen LogP contribution in [-0.4, -0.2) is 35.7 Å². The van der Waals surface area contributed by atoms with E-state index >= 15 is 0 Å². The van der Waals surface area contributed by atoms with Crippen molar-refractivity contribution in [1.29, 1.82) is 0 Å². The van der Waals surface area contributed by atoms with Gasteiger partial charge in [-0.15, -0.1) is 24.0 Å². The van der Waals surface area contributed by atoms with Crippen LogP contribution in [0.1, 0.15) is 44.7 Å². The second kappa shape index (κ2) is 7.47. The molecule has 1 aliphatic heterocycles. The molecule has 1 saturated heterocycles. The van der Waals surface area contributed by atoms with Crippen LogP contribution < -0.4 is 5.32 Å². The molecule has 118 valence electrons. The predicted molar refractivity (Wildman–Crippen MR) is 93.8 cm³/mol. The minimum atomic E-state index is 0. The number of nitrogens with one attached hydrogen (secondary N) is 1. The normalized spacial score (nSPS) is 20.8. The highest BCUT2D eigenvalue weighted by atomic mass is 127. The molecule has 0 aromatic carbocycles. The fraction of sp³-hybridized carbons (Fsp3) is 0.733. The number of guanidine groups is 1. The van der Waals surface area contributed by atoms with E-state index in [1.165, 1.54) is 32.1 Å². The van der Waals surface area contributed by atoms with Gasteiger partial charge in [0.2, 0.25) is 0 Å². The van der Waals surface area contributed by atoms with Gasteiger partial charge in [-0.25, -0.2) is 4.99 Å². The van der Waals surface area contributed by atoms with Gasteiger partial charge in [-0.2, -0.15) is 0 Å². The van der Waals surface area contributed by atoms with Gasteiger partial charge in [0, 0.05) is 25.7 Å². The maximum Gasteiger partial charge on any atom is 0.194 e. The smallest absolute Gasteiger partial charge is 0.194 e. The van der Waals surface area contributed by atoms with Crippen molar-refractivity contribution in [3.05, 3.63) is 18.0 Å². The SMILES string of the molecule is CCNC(=NCc1ccon1)N1CCC2(CCCC2)C1.I. The topological polar surface area (TPSA) is 53.7 Å². The van der Waals surface area contributed by atoms with Crippen LogP contribution in [-0.2, 0) is 6.54 Å². The van der Waals surface area contributed by atoms with Crippen molar-refractivity contribution in [1.82, 2.24) is 15.4 Å². The Bertz CT molecular complexity index is 454. The fourth-order valence-corrected chi connectivity index (χ4v) is 3.55. The Morgan fingerprint density at radius 3 is 2.90 bits per heavy atom. The standard InChI is InChI=1S/C15H24N4O.HI/c1-2-16-14(17-11-13-5-10-20-18-13)19-9-8-15(12-19)6-3-4-7-15;/h5,10H,2-4,6-9,11-12H2,1H3,(H,16,17);1H. The number of hydrogen-bond donors (Lipinski definition) is 1. The molecular weight excluding hydrogens is 379 g/mol. The Balaban J connectivity index is 0.00000161. The highest BCUT2D eigenvalue weighted by Crippen LogP contribution is 2.45. The van der Waals surface area contributed by atoms with Crippen molar-refractivity contribution in [3.8, 4) is 0 Å². The summed E-state index contributed by atoms with van der Waals surface area (Å²) in [7, 11) is 0. The number of hydrogen-bond acceptors (Lipinski definition) is 3. The molecule has 1 aliphatic carbocycles. The van der Waals surface area contributed by atoms with Crippen LogP contribution in [0, 0.1) is 5.41 Å². The second-order valence-corrected chi connectivity index (χ2v) is 6.04. The first-order valence-corrected chi connectivity index (χ1v) is 7.74. The Hall–Kier alpha value is -0.790. The van der Waals surface area contributed by atoms with Crippen molar-refractivity contribution in [2.75, 3.05) is 19.6 Å². The molecule has 2 fully saturated rings. The molecule has 1 N–H and O–H groups in total. The van der Waals surface area contributed by atoms with Gasteiger partial charge in [-0.05, 0) is 31.6 Å². The Morgan fingerprint density at radius 2 is 2.24 bits per heavy atom. The minimum absolute atomic E-state index is 0. The first-order valence-electron chi connectivity index (χ1n) is 7.74. The maximum absolute atomic E-state index is 4.86. The predicted octanol–water partition coefficient (Wildman–Crippen LogP) is 3.02. The highest BCUT2D eigenvalue weighted by molar-refractivity contribution is 14.0. The van der Waals surface area contributed by atoms with Gasteiger partial charge in [-0.1, -0.05) is 18.0 Å². The van der Waals surface area contributed by atoms with Crippen molar-refractivity contribution in [2.45, 2.75) is 45.6 Å². The molecule has 1 aromatic rings. The summed E-state index contributed by atoms with van der Waals surface area (Å²) < 4.78 is 4.86. The van der Waals surface area contributed by atoms with Gasteiger partial charge < -0.3 is 14.7 Å². The molecule has 1 saturated carbocycles. The first kappa shape index (κ1) is 16.6. The molecule has 0 amide bonds. The average molecular weight is 404 g/mol. The van der Waals surface area contributed by atoms with Crippen molar-refractivity contribution in [2.24, 2.45) is 10.4 Å². The minimum Gasteiger partial charge on any atom is -0.364 e. The summed E-state index contributed by atoms with van der Waals surface area (Å²) in [5.41, 5.74) is 1.46. The van der Waals surface area contributed by atoms with Gasteiger partial charge in [-0.3, -0.25) is 0 Å². The van der Waals surface area contributed by atoms with Gasteiger partial charge in [0.1, 0.15) is 12.0 Å². The van der Waals surface area contributed by atoms with Crippen LogP contribution in [0.15, 0.2) is 21.8 Å². The third-order valence-electron chi connectivity index (χ3n) is 4.62. The van der Waals surface area contributed by atoms with E-state index in [-0.39, 0.29) is 24.0 Å². The number of likely N-dealkylation sites (tertiary alicyclic amines) is 1. The van der Waals surface area contributed by atoms with Crippen molar-refractivity contribution < 1.29 is 4.52 Å². The Kier molecular flexibility index (Phi) is 5.89. The zero-order valence-electron chi connectivity index (χ0n) is 12.7. The lowest BCUT2D eigenvalue weighted by molar-refractivity contribution is 0.309. The van der Waals surface area contributed by atoms with Gasteiger partial charge >= 0.3 is 0 Å². The van der Waals surface area contributed by atoms with E-state index in [1.54, 1.807) is 6.26 Å². The second-order valence-electron chi connectivity index (χ2n) is 6.04. The summed E-state index contributed by atoms with van der Waals surface area (Å²) >= 11 is 0. The molecule has 3 rings (SSSR count). The molecule has 1 aromatic heterocycles. The average Bonchev–Trinajstić information content (AvgIpc) is 3.18. The van der Waals surface area contributed by atoms with Gasteiger partial charge in [0.25, 0.3) is 0 Å². The zero-order chi connectivity index (χ0) is 13.8. The summed E-state index contributed by atoms with van der Waals surface area (Å²) in [6, 6.07) is 1.87. The van der Waals surface area contributed by atoms with E-state index in [0.717, 1.165) is 31.3 Å². The number of nitrogens with zero attached hydrogens (tertiary/aromatic N) is 3. The summed E-state index contributed by atoms with van der Waals surface area (Å²) in [6.07, 6.45) is 8.52. The molecule has 6 heteroatoms. The lowest BCUT2D eigenvalue weighted by atomic mass is 9.86. The molecule has 5 nitrogen and oxygen atoms in total. The summed E-state index contributed by atoms with van der Waals surface area (Å²) in [5.74, 6) is 1.03. The van der Waals surface area contributed by atoms with Gasteiger partial charge in [0.05, 0.1) is 6.54 Å². The third-order valence-corrected chi connectivity index (χ3v) is 4.62. The molecule has 0 unspecified atom stereocenters. The lowest BCUT2D eigenvalue weighted by Crippen LogP contribution is -2.41. The monoisotopic (exact) mass is 404 g/mol. The summed E-state index contributed by atoms with van der Waals surface area (Å²) in [4.78, 5) is 7.13. The first-order chi connectivity index (χ1) is 9.81. The largest absolute Gasteiger partial charge is 0.364 e. The number of aromatic nitrogens is 1. The number of rotatable bonds is 3. The summed E-state index contributed by atoms with van der Waals surface area (Å²) in [6.45, 7) is 5.90. The number of halogens is 1. The van der Waals surface area contributed by atoms with E-state index < -0.39 is 0 Å². The molecule has 0 atom stereocenters. The van der Waals surface area contributed by atoms with Crippen LogP contribution in [0.2, 0.25) is 0 Å². The third kappa shape index (κ3) is 3.90. The van der Waals surface area contributed by atoms with Crippen LogP contribution in [0.4, 0.5) is 0 Å². The molecule has 1 spiro atoms. The summed E-state index contributed by atoms with van der Waals surface area (Å²) in [5, 5.41) is 7.33. The molecule has 2 heterocycles. The Morgan fingerprint density at radius 1 is 1.43 bits per heavy atom. The highest BCUT2D eigenvalue weighted by Gasteiger charge is 2.41. The zero-order valence-corrected chi connectivity index (χ0v) is 15.0. The van der Waals surface area contributed by atoms with Crippen LogP contribution in [0.5, 0.6) is 0 Å². The molecule has 21 heavy (non-hydrogen) atoms. The maximum atomic E-state index is 4.86. The fourth-order valence-electron chi connectivity index (χ4n) is 3.55. The molecule has 2 aliphatic rings. The quantitative estimate of drug-likeness (QED) is 0.478. The van der Waals surface area contributed by atoms with E-state index in [4.69, 9.17) is 9.52 Å². The Labute approximate surface area is 143 Å². The molecule has 0 bridgehead atoms. The van der Waals surface area contributed by atoms with E-state index in [9.17, 15) is 0 Å². The van der Waals surface area contributed by atoms with Crippen LogP contribution in [0.25, 0.3) is 0 Å². The lowest BCUT2D eigenvalue weighted by Gasteiger charge is -2.25. The van der Waals surface area contributed by atoms with Crippen molar-refractivity contribution >= 4 is 29.9 Å². The van der Waals surface area contributed by atoms with E-state index in [2.05, 4.69) is 22.3 Å². The van der Waals surface area contributed by atoms with E-state index in [1.807, 2.05) is 6.07 Å².